The van der Waals surface area contributed by atoms with Crippen molar-refractivity contribution in [2.75, 3.05) is 11.9 Å². The highest BCUT2D eigenvalue weighted by molar-refractivity contribution is 5.95. The zero-order chi connectivity index (χ0) is 13.1. The Hall–Kier alpha value is -1.56. The Morgan fingerprint density at radius 2 is 2.00 bits per heavy atom. The van der Waals surface area contributed by atoms with Crippen LogP contribution in [0.3, 0.4) is 0 Å². The molecule has 1 aliphatic heterocycles. The van der Waals surface area contributed by atoms with Gasteiger partial charge in [-0.2, -0.15) is 0 Å². The van der Waals surface area contributed by atoms with Gasteiger partial charge in [0.25, 0.3) is 0 Å². The Bertz CT molecular complexity index is 459. The lowest BCUT2D eigenvalue weighted by Crippen LogP contribution is -2.43. The molecule has 1 atom stereocenters. The number of rotatable bonds is 2. The van der Waals surface area contributed by atoms with E-state index in [2.05, 4.69) is 10.6 Å². The van der Waals surface area contributed by atoms with E-state index in [1.807, 2.05) is 0 Å². The van der Waals surface area contributed by atoms with Crippen molar-refractivity contribution in [2.45, 2.75) is 25.3 Å². The number of halogens is 3. The van der Waals surface area contributed by atoms with Gasteiger partial charge in [0.15, 0.2) is 17.5 Å². The van der Waals surface area contributed by atoms with Gasteiger partial charge < -0.3 is 10.6 Å². The fourth-order valence-corrected chi connectivity index (χ4v) is 1.92. The number of carbonyl (C=O) groups excluding carboxylic acids is 1. The van der Waals surface area contributed by atoms with E-state index in [-0.39, 0.29) is 5.69 Å². The number of nitrogens with one attached hydrogen (secondary N) is 2. The highest BCUT2D eigenvalue weighted by Gasteiger charge is 2.22. The van der Waals surface area contributed by atoms with Crippen molar-refractivity contribution < 1.29 is 18.0 Å². The van der Waals surface area contributed by atoms with Crippen LogP contribution in [-0.2, 0) is 4.79 Å². The average molecular weight is 258 g/mol. The monoisotopic (exact) mass is 258 g/mol. The lowest BCUT2D eigenvalue weighted by atomic mass is 10.0. The molecule has 1 aromatic rings. The molecule has 1 heterocycles. The summed E-state index contributed by atoms with van der Waals surface area (Å²) in [5.41, 5.74) is -0.341. The van der Waals surface area contributed by atoms with Crippen molar-refractivity contribution in [1.29, 1.82) is 0 Å². The Kier molecular flexibility index (Phi) is 3.86. The standard InChI is InChI=1S/C12H13F3N2O/c13-7-4-5-8(11(15)10(7)14)17-12(18)9-3-1-2-6-16-9/h4-5,9,16H,1-3,6H2,(H,17,18)/t9-/m0/s1. The zero-order valence-corrected chi connectivity index (χ0v) is 9.60. The van der Waals surface area contributed by atoms with Crippen molar-refractivity contribution in [2.24, 2.45) is 0 Å². The Balaban J connectivity index is 2.09. The number of benzene rings is 1. The third-order valence-corrected chi connectivity index (χ3v) is 2.92. The van der Waals surface area contributed by atoms with Crippen LogP contribution in [0.1, 0.15) is 19.3 Å². The molecule has 3 nitrogen and oxygen atoms in total. The van der Waals surface area contributed by atoms with Gasteiger partial charge in [0.1, 0.15) is 0 Å². The van der Waals surface area contributed by atoms with Crippen LogP contribution >= 0.6 is 0 Å². The molecular formula is C12H13F3N2O. The summed E-state index contributed by atoms with van der Waals surface area (Å²) in [6.07, 6.45) is 2.55. The number of hydrogen-bond acceptors (Lipinski definition) is 2. The first-order chi connectivity index (χ1) is 8.59. The van der Waals surface area contributed by atoms with Crippen molar-refractivity contribution >= 4 is 11.6 Å². The third-order valence-electron chi connectivity index (χ3n) is 2.92. The predicted octanol–water partition coefficient (Wildman–Crippen LogP) is 2.18. The maximum absolute atomic E-state index is 13.3. The Morgan fingerprint density at radius 1 is 1.22 bits per heavy atom. The van der Waals surface area contributed by atoms with E-state index in [1.165, 1.54) is 0 Å². The summed E-state index contributed by atoms with van der Waals surface area (Å²) in [7, 11) is 0. The largest absolute Gasteiger partial charge is 0.322 e. The first-order valence-electron chi connectivity index (χ1n) is 5.77. The second-order valence-corrected chi connectivity index (χ2v) is 4.21. The molecule has 1 aromatic carbocycles. The third kappa shape index (κ3) is 2.64. The van der Waals surface area contributed by atoms with E-state index >= 15 is 0 Å². The minimum absolute atomic E-state index is 0.341. The van der Waals surface area contributed by atoms with Crippen LogP contribution in [0, 0.1) is 17.5 Å². The number of carbonyl (C=O) groups is 1. The molecule has 0 spiro atoms. The average Bonchev–Trinajstić information content (AvgIpc) is 2.40. The van der Waals surface area contributed by atoms with Gasteiger partial charge in [-0.25, -0.2) is 13.2 Å². The van der Waals surface area contributed by atoms with Gasteiger partial charge in [0.2, 0.25) is 5.91 Å². The van der Waals surface area contributed by atoms with Gasteiger partial charge in [-0.3, -0.25) is 4.79 Å². The molecule has 1 saturated heterocycles. The molecule has 6 heteroatoms. The molecule has 1 amide bonds. The summed E-state index contributed by atoms with van der Waals surface area (Å²) in [5.74, 6) is -4.66. The highest BCUT2D eigenvalue weighted by atomic mass is 19.2. The first-order valence-corrected chi connectivity index (χ1v) is 5.77. The molecule has 2 rings (SSSR count). The van der Waals surface area contributed by atoms with Crippen molar-refractivity contribution in [3.63, 3.8) is 0 Å². The molecule has 0 radical (unpaired) electrons. The summed E-state index contributed by atoms with van der Waals surface area (Å²) >= 11 is 0. The van der Waals surface area contributed by atoms with E-state index in [0.29, 0.717) is 6.42 Å². The van der Waals surface area contributed by atoms with Gasteiger partial charge in [-0.1, -0.05) is 6.42 Å². The topological polar surface area (TPSA) is 41.1 Å². The fraction of sp³-hybridized carbons (Fsp3) is 0.417. The van der Waals surface area contributed by atoms with Crippen molar-refractivity contribution in [3.8, 4) is 0 Å². The van der Waals surface area contributed by atoms with Crippen LogP contribution < -0.4 is 10.6 Å². The summed E-state index contributed by atoms with van der Waals surface area (Å²) < 4.78 is 39.0. The van der Waals surface area contributed by atoms with Gasteiger partial charge in [-0.05, 0) is 31.5 Å². The second kappa shape index (κ2) is 5.39. The van der Waals surface area contributed by atoms with Gasteiger partial charge in [0.05, 0.1) is 11.7 Å². The summed E-state index contributed by atoms with van der Waals surface area (Å²) in [4.78, 5) is 11.8. The summed E-state index contributed by atoms with van der Waals surface area (Å²) in [5, 5.41) is 5.25. The lowest BCUT2D eigenvalue weighted by Gasteiger charge is -2.22. The molecule has 0 saturated carbocycles. The molecule has 0 unspecified atom stereocenters. The molecule has 18 heavy (non-hydrogen) atoms. The number of piperidine rings is 1. The molecule has 1 aliphatic rings. The van der Waals surface area contributed by atoms with Crippen LogP contribution in [0.5, 0.6) is 0 Å². The first kappa shape index (κ1) is 12.9. The fourth-order valence-electron chi connectivity index (χ4n) is 1.92. The molecule has 0 aliphatic carbocycles. The van der Waals surface area contributed by atoms with Crippen LogP contribution in [-0.4, -0.2) is 18.5 Å². The Morgan fingerprint density at radius 3 is 2.67 bits per heavy atom. The SMILES string of the molecule is O=C(Nc1ccc(F)c(F)c1F)[C@@H]1CCCCN1. The minimum atomic E-state index is -1.58. The number of hydrogen-bond donors (Lipinski definition) is 2. The van der Waals surface area contributed by atoms with Crippen molar-refractivity contribution in [3.05, 3.63) is 29.6 Å². The number of amides is 1. The van der Waals surface area contributed by atoms with Crippen molar-refractivity contribution in [1.82, 2.24) is 5.32 Å². The Labute approximate surface area is 102 Å². The van der Waals surface area contributed by atoms with Gasteiger partial charge in [0, 0.05) is 0 Å². The van der Waals surface area contributed by atoms with Crippen LogP contribution in [0.15, 0.2) is 12.1 Å². The molecule has 0 aromatic heterocycles. The van der Waals surface area contributed by atoms with Crippen LogP contribution in [0.25, 0.3) is 0 Å². The van der Waals surface area contributed by atoms with E-state index in [9.17, 15) is 18.0 Å². The summed E-state index contributed by atoms with van der Waals surface area (Å²) in [6.45, 7) is 0.721. The molecule has 0 bridgehead atoms. The smallest absolute Gasteiger partial charge is 0.241 e. The molecular weight excluding hydrogens is 245 g/mol. The predicted molar refractivity (Wildman–Crippen MR) is 60.6 cm³/mol. The lowest BCUT2D eigenvalue weighted by molar-refractivity contribution is -0.118. The second-order valence-electron chi connectivity index (χ2n) is 4.21. The number of anilines is 1. The van der Waals surface area contributed by atoms with E-state index in [0.717, 1.165) is 31.5 Å². The van der Waals surface area contributed by atoms with Gasteiger partial charge >= 0.3 is 0 Å². The maximum Gasteiger partial charge on any atom is 0.241 e. The van der Waals surface area contributed by atoms with Crippen LogP contribution in [0.2, 0.25) is 0 Å². The zero-order valence-electron chi connectivity index (χ0n) is 9.60. The maximum atomic E-state index is 13.3. The normalized spacial score (nSPS) is 19.6. The highest BCUT2D eigenvalue weighted by Crippen LogP contribution is 2.20. The van der Waals surface area contributed by atoms with E-state index in [4.69, 9.17) is 0 Å². The van der Waals surface area contributed by atoms with Crippen LogP contribution in [0.4, 0.5) is 18.9 Å². The van der Waals surface area contributed by atoms with E-state index in [1.54, 1.807) is 0 Å². The minimum Gasteiger partial charge on any atom is -0.322 e. The quantitative estimate of drug-likeness (QED) is 0.798. The molecule has 1 fully saturated rings. The van der Waals surface area contributed by atoms with Gasteiger partial charge in [-0.15, -0.1) is 0 Å². The van der Waals surface area contributed by atoms with E-state index < -0.39 is 29.4 Å². The summed E-state index contributed by atoms with van der Waals surface area (Å²) in [6, 6.07) is 1.38. The molecule has 2 N–H and O–H groups in total. The molecule has 98 valence electrons.